The van der Waals surface area contributed by atoms with E-state index in [2.05, 4.69) is 5.32 Å². The highest BCUT2D eigenvalue weighted by Gasteiger charge is 2.39. The molecule has 2 aromatic rings. The summed E-state index contributed by atoms with van der Waals surface area (Å²) in [6.07, 6.45) is -1.15. The summed E-state index contributed by atoms with van der Waals surface area (Å²) in [5.41, 5.74) is 1.11. The summed E-state index contributed by atoms with van der Waals surface area (Å²) in [5.74, 6) is 0.749. The maximum atomic E-state index is 14.7. The molecule has 0 saturated heterocycles. The van der Waals surface area contributed by atoms with Gasteiger partial charge in [-0.1, -0.05) is 26.0 Å². The van der Waals surface area contributed by atoms with E-state index in [9.17, 15) is 9.18 Å². The standard InChI is InChI=1S/C19H20FNO4/c1-19(2)10-25-16-9-13(11-4-6-12(24-3)7-5-11)15(20)8-14(16)17(19)21-18(22)23/h4-9,17,21H,10H2,1-3H3,(H,22,23). The van der Waals surface area contributed by atoms with E-state index in [1.54, 1.807) is 37.4 Å². The van der Waals surface area contributed by atoms with E-state index in [-0.39, 0.29) is 0 Å². The Kier molecular flexibility index (Phi) is 4.29. The molecular formula is C19H20FNO4. The van der Waals surface area contributed by atoms with E-state index in [1.807, 2.05) is 13.8 Å². The molecule has 0 fully saturated rings. The summed E-state index contributed by atoms with van der Waals surface area (Å²) in [7, 11) is 1.57. The van der Waals surface area contributed by atoms with Crippen molar-refractivity contribution in [3.8, 4) is 22.6 Å². The van der Waals surface area contributed by atoms with Gasteiger partial charge in [0.25, 0.3) is 0 Å². The van der Waals surface area contributed by atoms with Crippen LogP contribution in [0.5, 0.6) is 11.5 Å². The summed E-state index contributed by atoms with van der Waals surface area (Å²) in [6, 6.07) is 9.48. The van der Waals surface area contributed by atoms with Crippen molar-refractivity contribution < 1.29 is 23.8 Å². The predicted octanol–water partition coefficient (Wildman–Crippen LogP) is 4.23. The SMILES string of the molecule is COc1ccc(-c2cc3c(cc2F)C(NC(=O)O)C(C)(C)CO3)cc1. The molecular weight excluding hydrogens is 325 g/mol. The lowest BCUT2D eigenvalue weighted by atomic mass is 9.78. The number of hydrogen-bond donors (Lipinski definition) is 2. The maximum Gasteiger partial charge on any atom is 0.405 e. The molecule has 1 atom stereocenters. The van der Waals surface area contributed by atoms with Gasteiger partial charge in [-0.05, 0) is 29.8 Å². The first-order chi connectivity index (χ1) is 11.8. The highest BCUT2D eigenvalue weighted by molar-refractivity contribution is 5.69. The summed E-state index contributed by atoms with van der Waals surface area (Å²) < 4.78 is 25.7. The van der Waals surface area contributed by atoms with Crippen molar-refractivity contribution in [2.45, 2.75) is 19.9 Å². The molecule has 1 aliphatic rings. The third-order valence-electron chi connectivity index (χ3n) is 4.46. The molecule has 0 bridgehead atoms. The van der Waals surface area contributed by atoms with Crippen LogP contribution in [0.4, 0.5) is 9.18 Å². The normalized spacial score (nSPS) is 18.0. The van der Waals surface area contributed by atoms with Gasteiger partial charge in [0, 0.05) is 16.5 Å². The molecule has 132 valence electrons. The van der Waals surface area contributed by atoms with E-state index < -0.39 is 23.4 Å². The van der Waals surface area contributed by atoms with Gasteiger partial charge >= 0.3 is 6.09 Å². The Hall–Kier alpha value is -2.76. The van der Waals surface area contributed by atoms with Gasteiger partial charge in [0.1, 0.15) is 17.3 Å². The van der Waals surface area contributed by atoms with Crippen LogP contribution in [0, 0.1) is 11.2 Å². The average molecular weight is 345 g/mol. The Labute approximate surface area is 145 Å². The fraction of sp³-hybridized carbons (Fsp3) is 0.316. The summed E-state index contributed by atoms with van der Waals surface area (Å²) >= 11 is 0. The maximum absolute atomic E-state index is 14.7. The topological polar surface area (TPSA) is 67.8 Å². The minimum absolute atomic E-state index is 0.332. The van der Waals surface area contributed by atoms with Crippen molar-refractivity contribution in [1.82, 2.24) is 5.32 Å². The number of hydrogen-bond acceptors (Lipinski definition) is 3. The number of methoxy groups -OCH3 is 1. The van der Waals surface area contributed by atoms with E-state index in [1.165, 1.54) is 6.07 Å². The van der Waals surface area contributed by atoms with Gasteiger partial charge in [0.15, 0.2) is 0 Å². The van der Waals surface area contributed by atoms with Crippen molar-refractivity contribution in [3.05, 3.63) is 47.8 Å². The van der Waals surface area contributed by atoms with Crippen LogP contribution >= 0.6 is 0 Å². The second kappa shape index (κ2) is 6.27. The van der Waals surface area contributed by atoms with Crippen LogP contribution in [0.25, 0.3) is 11.1 Å². The van der Waals surface area contributed by atoms with Crippen molar-refractivity contribution >= 4 is 6.09 Å². The van der Waals surface area contributed by atoms with Crippen molar-refractivity contribution in [2.24, 2.45) is 5.41 Å². The predicted molar refractivity (Wildman–Crippen MR) is 91.6 cm³/mol. The lowest BCUT2D eigenvalue weighted by Crippen LogP contribution is -2.43. The smallest absolute Gasteiger partial charge is 0.405 e. The molecule has 0 aliphatic carbocycles. The number of ether oxygens (including phenoxy) is 2. The third-order valence-corrected chi connectivity index (χ3v) is 4.46. The van der Waals surface area contributed by atoms with Gasteiger partial charge < -0.3 is 19.9 Å². The Morgan fingerprint density at radius 1 is 1.32 bits per heavy atom. The van der Waals surface area contributed by atoms with Gasteiger partial charge in [-0.15, -0.1) is 0 Å². The number of halogens is 1. The number of nitrogens with one attached hydrogen (secondary N) is 1. The first-order valence-electron chi connectivity index (χ1n) is 7.92. The number of fused-ring (bicyclic) bond motifs is 1. The quantitative estimate of drug-likeness (QED) is 0.874. The van der Waals surface area contributed by atoms with E-state index in [0.717, 1.165) is 0 Å². The zero-order valence-electron chi connectivity index (χ0n) is 14.3. The van der Waals surface area contributed by atoms with Gasteiger partial charge in [0.2, 0.25) is 0 Å². The molecule has 25 heavy (non-hydrogen) atoms. The Balaban J connectivity index is 2.05. The van der Waals surface area contributed by atoms with E-state index in [0.29, 0.717) is 34.8 Å². The minimum Gasteiger partial charge on any atom is -0.497 e. The van der Waals surface area contributed by atoms with Crippen molar-refractivity contribution in [1.29, 1.82) is 0 Å². The average Bonchev–Trinajstić information content (AvgIpc) is 2.57. The number of amides is 1. The lowest BCUT2D eigenvalue weighted by molar-refractivity contribution is 0.0992. The molecule has 1 heterocycles. The van der Waals surface area contributed by atoms with Crippen LogP contribution in [0.15, 0.2) is 36.4 Å². The van der Waals surface area contributed by atoms with E-state index in [4.69, 9.17) is 14.6 Å². The summed E-state index contributed by atoms with van der Waals surface area (Å²) in [5, 5.41) is 11.6. The monoisotopic (exact) mass is 345 g/mol. The van der Waals surface area contributed by atoms with Crippen LogP contribution in [0.3, 0.4) is 0 Å². The van der Waals surface area contributed by atoms with Gasteiger partial charge in [-0.3, -0.25) is 0 Å². The summed E-state index contributed by atoms with van der Waals surface area (Å²) in [6.45, 7) is 4.09. The number of benzene rings is 2. The van der Waals surface area contributed by atoms with Crippen molar-refractivity contribution in [2.75, 3.05) is 13.7 Å². The van der Waals surface area contributed by atoms with Crippen LogP contribution in [0.2, 0.25) is 0 Å². The summed E-state index contributed by atoms with van der Waals surface area (Å²) in [4.78, 5) is 11.1. The molecule has 1 unspecified atom stereocenters. The Morgan fingerprint density at radius 3 is 2.60 bits per heavy atom. The molecule has 3 rings (SSSR count). The molecule has 0 aromatic heterocycles. The molecule has 0 radical (unpaired) electrons. The molecule has 6 heteroatoms. The largest absolute Gasteiger partial charge is 0.497 e. The third kappa shape index (κ3) is 3.24. The van der Waals surface area contributed by atoms with Crippen molar-refractivity contribution in [3.63, 3.8) is 0 Å². The number of carboxylic acid groups (broad SMARTS) is 1. The van der Waals surface area contributed by atoms with Crippen LogP contribution < -0.4 is 14.8 Å². The second-order valence-corrected chi connectivity index (χ2v) is 6.76. The molecule has 0 saturated carbocycles. The molecule has 1 amide bonds. The lowest BCUT2D eigenvalue weighted by Gasteiger charge is -2.39. The Morgan fingerprint density at radius 2 is 2.00 bits per heavy atom. The first kappa shape index (κ1) is 17.1. The van der Waals surface area contributed by atoms with Gasteiger partial charge in [-0.25, -0.2) is 9.18 Å². The van der Waals surface area contributed by atoms with Crippen LogP contribution in [-0.2, 0) is 0 Å². The highest BCUT2D eigenvalue weighted by Crippen LogP contribution is 2.45. The molecule has 1 aliphatic heterocycles. The van der Waals surface area contributed by atoms with E-state index >= 15 is 0 Å². The number of carbonyl (C=O) groups is 1. The molecule has 5 nitrogen and oxygen atoms in total. The molecule has 0 spiro atoms. The number of rotatable bonds is 3. The van der Waals surface area contributed by atoms with Crippen LogP contribution in [0.1, 0.15) is 25.5 Å². The van der Waals surface area contributed by atoms with Gasteiger partial charge in [-0.2, -0.15) is 0 Å². The molecule has 2 N–H and O–H groups in total. The molecule has 2 aromatic carbocycles. The van der Waals surface area contributed by atoms with Crippen LogP contribution in [-0.4, -0.2) is 24.9 Å². The Bertz CT molecular complexity index is 802. The highest BCUT2D eigenvalue weighted by atomic mass is 19.1. The second-order valence-electron chi connectivity index (χ2n) is 6.76. The zero-order valence-corrected chi connectivity index (χ0v) is 14.3. The fourth-order valence-electron chi connectivity index (χ4n) is 3.08. The zero-order chi connectivity index (χ0) is 18.2. The fourth-order valence-corrected chi connectivity index (χ4v) is 3.08. The van der Waals surface area contributed by atoms with Gasteiger partial charge in [0.05, 0.1) is 19.8 Å². The minimum atomic E-state index is -1.15. The first-order valence-corrected chi connectivity index (χ1v) is 7.92.